The quantitative estimate of drug-likeness (QED) is 0.756. The van der Waals surface area contributed by atoms with Crippen molar-refractivity contribution in [3.05, 3.63) is 10.4 Å². The van der Waals surface area contributed by atoms with Gasteiger partial charge in [-0.05, 0) is 25.9 Å². The van der Waals surface area contributed by atoms with Gasteiger partial charge in [0.2, 0.25) is 0 Å². The van der Waals surface area contributed by atoms with E-state index in [0.29, 0.717) is 16.4 Å². The van der Waals surface area contributed by atoms with E-state index in [1.807, 2.05) is 6.07 Å². The summed E-state index contributed by atoms with van der Waals surface area (Å²) >= 11 is 1.18. The second-order valence-electron chi connectivity index (χ2n) is 4.85. The summed E-state index contributed by atoms with van der Waals surface area (Å²) < 4.78 is 0. The Labute approximate surface area is 122 Å². The molecule has 0 bridgehead atoms. The third-order valence-electron chi connectivity index (χ3n) is 3.46. The smallest absolute Gasteiger partial charge is 0.253 e. The number of carbonyl (C=O) groups is 1. The first kappa shape index (κ1) is 14.6. The van der Waals surface area contributed by atoms with Crippen molar-refractivity contribution in [1.82, 2.24) is 4.90 Å². The van der Waals surface area contributed by atoms with Crippen LogP contribution in [0.3, 0.4) is 0 Å². The molecule has 6 nitrogen and oxygen atoms in total. The molecular weight excluding hydrogens is 274 g/mol. The van der Waals surface area contributed by atoms with Gasteiger partial charge in [-0.25, -0.2) is 0 Å². The summed E-state index contributed by atoms with van der Waals surface area (Å²) in [6.45, 7) is 3.88. The number of nitrogen functional groups attached to an aromatic ring is 1. The average Bonchev–Trinajstić information content (AvgIpc) is 2.76. The molecule has 0 spiro atoms. The van der Waals surface area contributed by atoms with Crippen LogP contribution in [0.4, 0.5) is 10.7 Å². The second kappa shape index (κ2) is 6.59. The zero-order valence-corrected chi connectivity index (χ0v) is 12.1. The van der Waals surface area contributed by atoms with E-state index in [0.717, 1.165) is 19.6 Å². The molecule has 1 saturated heterocycles. The molecule has 1 fully saturated rings. The predicted molar refractivity (Wildman–Crippen MR) is 80.7 cm³/mol. The molecule has 0 aliphatic carbocycles. The number of likely N-dealkylation sites (tertiary alicyclic amines) is 1. The lowest BCUT2D eigenvalue weighted by molar-refractivity contribution is 0.100. The third-order valence-corrected chi connectivity index (χ3v) is 4.52. The van der Waals surface area contributed by atoms with E-state index in [1.165, 1.54) is 30.6 Å². The molecular formula is C13H19N5OS. The van der Waals surface area contributed by atoms with Crippen molar-refractivity contribution < 1.29 is 4.79 Å². The van der Waals surface area contributed by atoms with Crippen molar-refractivity contribution in [1.29, 1.82) is 5.26 Å². The van der Waals surface area contributed by atoms with Gasteiger partial charge in [0.15, 0.2) is 0 Å². The van der Waals surface area contributed by atoms with E-state index < -0.39 is 5.91 Å². The lowest BCUT2D eigenvalue weighted by atomic mass is 10.1. The number of anilines is 2. The number of carbonyl (C=O) groups excluding carboxylic acids is 1. The number of nitriles is 1. The molecule has 0 unspecified atom stereocenters. The molecule has 1 aliphatic heterocycles. The molecule has 1 aromatic rings. The molecule has 108 valence electrons. The Morgan fingerprint density at radius 1 is 1.40 bits per heavy atom. The molecule has 1 amide bonds. The van der Waals surface area contributed by atoms with Gasteiger partial charge in [0.05, 0.1) is 11.3 Å². The highest BCUT2D eigenvalue weighted by Gasteiger charge is 2.20. The van der Waals surface area contributed by atoms with E-state index in [4.69, 9.17) is 16.7 Å². The summed E-state index contributed by atoms with van der Waals surface area (Å²) in [5, 5.41) is 12.7. The maximum absolute atomic E-state index is 11.4. The Morgan fingerprint density at radius 2 is 2.10 bits per heavy atom. The van der Waals surface area contributed by atoms with E-state index >= 15 is 0 Å². The zero-order valence-electron chi connectivity index (χ0n) is 11.3. The lowest BCUT2D eigenvalue weighted by Gasteiger charge is -2.26. The minimum absolute atomic E-state index is 0.186. The van der Waals surface area contributed by atoms with Gasteiger partial charge in [0, 0.05) is 13.1 Å². The van der Waals surface area contributed by atoms with Gasteiger partial charge in [0.25, 0.3) is 5.91 Å². The summed E-state index contributed by atoms with van der Waals surface area (Å²) in [5.41, 5.74) is 11.5. The fourth-order valence-corrected chi connectivity index (χ4v) is 3.36. The predicted octanol–water partition coefficient (Wildman–Crippen LogP) is 1.20. The van der Waals surface area contributed by atoms with Crippen molar-refractivity contribution in [2.75, 3.05) is 37.2 Å². The van der Waals surface area contributed by atoms with Crippen LogP contribution in [0.25, 0.3) is 0 Å². The van der Waals surface area contributed by atoms with Crippen LogP contribution in [0.15, 0.2) is 0 Å². The number of nitrogens with zero attached hydrogens (tertiary/aromatic N) is 2. The van der Waals surface area contributed by atoms with Crippen LogP contribution < -0.4 is 16.8 Å². The maximum Gasteiger partial charge on any atom is 0.253 e. The highest BCUT2D eigenvalue weighted by atomic mass is 32.1. The van der Waals surface area contributed by atoms with E-state index in [9.17, 15) is 4.79 Å². The molecule has 1 aliphatic rings. The zero-order chi connectivity index (χ0) is 14.5. The number of piperidine rings is 1. The van der Waals surface area contributed by atoms with Crippen LogP contribution >= 0.6 is 11.3 Å². The molecule has 5 N–H and O–H groups in total. The number of thiophene rings is 1. The van der Waals surface area contributed by atoms with Gasteiger partial charge in [-0.3, -0.25) is 4.79 Å². The SMILES string of the molecule is N#Cc1sc(NCCN2CCCCC2)c(C(N)=O)c1N. The molecule has 0 saturated carbocycles. The summed E-state index contributed by atoms with van der Waals surface area (Å²) in [5.74, 6) is -0.597. The third kappa shape index (κ3) is 3.21. The van der Waals surface area contributed by atoms with Gasteiger partial charge in [-0.15, -0.1) is 11.3 Å². The van der Waals surface area contributed by atoms with Crippen molar-refractivity contribution in [3.8, 4) is 6.07 Å². The summed E-state index contributed by atoms with van der Waals surface area (Å²) in [4.78, 5) is 14.1. The van der Waals surface area contributed by atoms with Gasteiger partial charge >= 0.3 is 0 Å². The fraction of sp³-hybridized carbons (Fsp3) is 0.538. The molecule has 0 atom stereocenters. The van der Waals surface area contributed by atoms with Crippen LogP contribution in [0.2, 0.25) is 0 Å². The summed E-state index contributed by atoms with van der Waals surface area (Å²) in [6, 6.07) is 1.99. The summed E-state index contributed by atoms with van der Waals surface area (Å²) in [6.07, 6.45) is 3.80. The lowest BCUT2D eigenvalue weighted by Crippen LogP contribution is -2.33. The van der Waals surface area contributed by atoms with Crippen molar-refractivity contribution in [2.45, 2.75) is 19.3 Å². The Hall–Kier alpha value is -1.78. The number of hydrogen-bond donors (Lipinski definition) is 3. The van der Waals surface area contributed by atoms with Gasteiger partial charge in [0.1, 0.15) is 15.9 Å². The van der Waals surface area contributed by atoms with Crippen molar-refractivity contribution in [2.24, 2.45) is 5.73 Å². The molecule has 0 aromatic carbocycles. The largest absolute Gasteiger partial charge is 0.396 e. The van der Waals surface area contributed by atoms with E-state index in [2.05, 4.69) is 10.2 Å². The van der Waals surface area contributed by atoms with E-state index in [-0.39, 0.29) is 11.3 Å². The Bertz CT molecular complexity index is 528. The van der Waals surface area contributed by atoms with Gasteiger partial charge < -0.3 is 21.7 Å². The second-order valence-corrected chi connectivity index (χ2v) is 5.87. The Kier molecular flexibility index (Phi) is 4.82. The number of amides is 1. The molecule has 1 aromatic heterocycles. The number of hydrogen-bond acceptors (Lipinski definition) is 6. The molecule has 0 radical (unpaired) electrons. The van der Waals surface area contributed by atoms with Crippen LogP contribution in [0, 0.1) is 11.3 Å². The molecule has 7 heteroatoms. The fourth-order valence-electron chi connectivity index (χ4n) is 2.41. The maximum atomic E-state index is 11.4. The number of primary amides is 1. The highest BCUT2D eigenvalue weighted by molar-refractivity contribution is 7.17. The van der Waals surface area contributed by atoms with E-state index in [1.54, 1.807) is 0 Å². The topological polar surface area (TPSA) is 108 Å². The normalized spacial score (nSPS) is 15.8. The Balaban J connectivity index is 1.98. The number of nitrogens with two attached hydrogens (primary N) is 2. The first-order chi connectivity index (χ1) is 9.63. The van der Waals surface area contributed by atoms with Crippen LogP contribution in [-0.2, 0) is 0 Å². The summed E-state index contributed by atoms with van der Waals surface area (Å²) in [7, 11) is 0. The van der Waals surface area contributed by atoms with Crippen molar-refractivity contribution >= 4 is 27.9 Å². The molecule has 2 rings (SSSR count). The number of rotatable bonds is 5. The first-order valence-corrected chi connectivity index (χ1v) is 7.53. The van der Waals surface area contributed by atoms with Gasteiger partial charge in [-0.2, -0.15) is 5.26 Å². The van der Waals surface area contributed by atoms with Crippen LogP contribution in [0.1, 0.15) is 34.5 Å². The standard InChI is InChI=1S/C13H19N5OS/c14-8-9-11(15)10(12(16)19)13(20-9)17-4-7-18-5-2-1-3-6-18/h17H,1-7,15H2,(H2,16,19). The van der Waals surface area contributed by atoms with Crippen molar-refractivity contribution in [3.63, 3.8) is 0 Å². The minimum atomic E-state index is -0.597. The Morgan fingerprint density at radius 3 is 2.70 bits per heavy atom. The first-order valence-electron chi connectivity index (χ1n) is 6.72. The number of nitrogens with one attached hydrogen (secondary N) is 1. The van der Waals surface area contributed by atoms with Crippen LogP contribution in [-0.4, -0.2) is 37.0 Å². The van der Waals surface area contributed by atoms with Gasteiger partial charge in [-0.1, -0.05) is 6.42 Å². The monoisotopic (exact) mass is 293 g/mol. The van der Waals surface area contributed by atoms with Crippen LogP contribution in [0.5, 0.6) is 0 Å². The highest BCUT2D eigenvalue weighted by Crippen LogP contribution is 2.34. The minimum Gasteiger partial charge on any atom is -0.396 e. The molecule has 20 heavy (non-hydrogen) atoms. The average molecular weight is 293 g/mol. The molecule has 2 heterocycles.